The number of para-hydroxylation sites is 1. The molecule has 1 aliphatic heterocycles. The second kappa shape index (κ2) is 6.55. The molecule has 0 fully saturated rings. The van der Waals surface area contributed by atoms with Crippen molar-refractivity contribution in [3.63, 3.8) is 0 Å². The minimum absolute atomic E-state index is 0.246. The Morgan fingerprint density at radius 1 is 0.840 bits per heavy atom. The Hall–Kier alpha value is -2.88. The third-order valence-corrected chi connectivity index (χ3v) is 4.55. The highest BCUT2D eigenvalue weighted by atomic mass is 19.1. The van der Waals surface area contributed by atoms with Gasteiger partial charge in [-0.05, 0) is 66.4 Å². The SMILES string of the molecule is Fc1ccc(F)c(CNc2ccc3c(c2)CCc2ccccc2N3)c1. The number of nitrogens with one attached hydrogen (secondary N) is 2. The molecule has 3 aromatic carbocycles. The zero-order chi connectivity index (χ0) is 17.2. The van der Waals surface area contributed by atoms with Crippen molar-refractivity contribution in [3.8, 4) is 0 Å². The fourth-order valence-electron chi connectivity index (χ4n) is 3.18. The minimum Gasteiger partial charge on any atom is -0.381 e. The van der Waals surface area contributed by atoms with Gasteiger partial charge in [-0.1, -0.05) is 18.2 Å². The van der Waals surface area contributed by atoms with Crippen LogP contribution >= 0.6 is 0 Å². The molecule has 0 spiro atoms. The lowest BCUT2D eigenvalue weighted by atomic mass is 10.0. The Kier molecular flexibility index (Phi) is 4.10. The highest BCUT2D eigenvalue weighted by Gasteiger charge is 2.13. The van der Waals surface area contributed by atoms with E-state index >= 15 is 0 Å². The maximum absolute atomic E-state index is 13.7. The predicted octanol–water partition coefficient (Wildman–Crippen LogP) is 5.42. The van der Waals surface area contributed by atoms with Crippen LogP contribution in [0.2, 0.25) is 0 Å². The number of halogens is 2. The zero-order valence-electron chi connectivity index (χ0n) is 13.7. The molecule has 0 saturated heterocycles. The van der Waals surface area contributed by atoms with Crippen molar-refractivity contribution in [3.05, 3.63) is 89.0 Å². The van der Waals surface area contributed by atoms with Gasteiger partial charge in [-0.2, -0.15) is 0 Å². The van der Waals surface area contributed by atoms with E-state index in [0.717, 1.165) is 42.0 Å². The molecule has 0 bridgehead atoms. The third-order valence-electron chi connectivity index (χ3n) is 4.55. The molecule has 1 aliphatic rings. The second-order valence-electron chi connectivity index (χ2n) is 6.24. The summed E-state index contributed by atoms with van der Waals surface area (Å²) in [6, 6.07) is 17.9. The van der Waals surface area contributed by atoms with Crippen LogP contribution in [0.3, 0.4) is 0 Å². The summed E-state index contributed by atoms with van der Waals surface area (Å²) in [6.45, 7) is 0.246. The molecule has 4 heteroatoms. The van der Waals surface area contributed by atoms with Gasteiger partial charge in [0, 0.05) is 29.2 Å². The molecule has 0 atom stereocenters. The van der Waals surface area contributed by atoms with Gasteiger partial charge in [0.2, 0.25) is 0 Å². The fraction of sp³-hybridized carbons (Fsp3) is 0.143. The monoisotopic (exact) mass is 336 g/mol. The van der Waals surface area contributed by atoms with E-state index in [1.807, 2.05) is 18.2 Å². The Morgan fingerprint density at radius 3 is 2.56 bits per heavy atom. The molecule has 0 aromatic heterocycles. The van der Waals surface area contributed by atoms with Gasteiger partial charge >= 0.3 is 0 Å². The Morgan fingerprint density at radius 2 is 1.64 bits per heavy atom. The largest absolute Gasteiger partial charge is 0.381 e. The molecular weight excluding hydrogens is 318 g/mol. The van der Waals surface area contributed by atoms with Crippen molar-refractivity contribution >= 4 is 17.1 Å². The van der Waals surface area contributed by atoms with Gasteiger partial charge < -0.3 is 10.6 Å². The molecule has 1 heterocycles. The topological polar surface area (TPSA) is 24.1 Å². The standard InChI is InChI=1S/C21H18F2N2/c22-17-7-9-19(23)16(11-17)13-24-18-8-10-21-15(12-18)6-5-14-3-1-2-4-20(14)25-21/h1-4,7-12,24-25H,5-6,13H2. The van der Waals surface area contributed by atoms with Crippen LogP contribution in [-0.2, 0) is 19.4 Å². The van der Waals surface area contributed by atoms with E-state index in [9.17, 15) is 8.78 Å². The van der Waals surface area contributed by atoms with Crippen molar-refractivity contribution in [1.29, 1.82) is 0 Å². The summed E-state index contributed by atoms with van der Waals surface area (Å²) in [5.41, 5.74) is 5.96. The molecule has 0 unspecified atom stereocenters. The van der Waals surface area contributed by atoms with E-state index in [2.05, 4.69) is 34.9 Å². The lowest BCUT2D eigenvalue weighted by molar-refractivity contribution is 0.587. The number of benzene rings is 3. The highest BCUT2D eigenvalue weighted by molar-refractivity contribution is 5.70. The van der Waals surface area contributed by atoms with Gasteiger partial charge in [0.1, 0.15) is 11.6 Å². The average molecular weight is 336 g/mol. The van der Waals surface area contributed by atoms with Crippen molar-refractivity contribution < 1.29 is 8.78 Å². The first-order valence-corrected chi connectivity index (χ1v) is 8.35. The lowest BCUT2D eigenvalue weighted by Crippen LogP contribution is -2.03. The van der Waals surface area contributed by atoms with Crippen LogP contribution < -0.4 is 10.6 Å². The van der Waals surface area contributed by atoms with Crippen LogP contribution in [0.15, 0.2) is 60.7 Å². The number of aryl methyl sites for hydroxylation is 2. The predicted molar refractivity (Wildman–Crippen MR) is 97.3 cm³/mol. The Balaban J connectivity index is 1.53. The average Bonchev–Trinajstić information content (AvgIpc) is 2.81. The summed E-state index contributed by atoms with van der Waals surface area (Å²) in [5, 5.41) is 6.67. The lowest BCUT2D eigenvalue weighted by Gasteiger charge is -2.13. The van der Waals surface area contributed by atoms with E-state index in [1.54, 1.807) is 0 Å². The summed E-state index contributed by atoms with van der Waals surface area (Å²) in [7, 11) is 0. The quantitative estimate of drug-likeness (QED) is 0.667. The van der Waals surface area contributed by atoms with Crippen molar-refractivity contribution in [2.45, 2.75) is 19.4 Å². The van der Waals surface area contributed by atoms with Crippen molar-refractivity contribution in [1.82, 2.24) is 0 Å². The summed E-state index contributed by atoms with van der Waals surface area (Å²) < 4.78 is 27.0. The number of hydrogen-bond acceptors (Lipinski definition) is 2. The Labute approximate surface area is 145 Å². The van der Waals surface area contributed by atoms with E-state index in [4.69, 9.17) is 0 Å². The third kappa shape index (κ3) is 3.33. The van der Waals surface area contributed by atoms with Crippen molar-refractivity contribution in [2.24, 2.45) is 0 Å². The van der Waals surface area contributed by atoms with Crippen LogP contribution in [0.5, 0.6) is 0 Å². The number of fused-ring (bicyclic) bond motifs is 2. The Bertz CT molecular complexity index is 922. The van der Waals surface area contributed by atoms with Gasteiger partial charge in [0.05, 0.1) is 0 Å². The highest BCUT2D eigenvalue weighted by Crippen LogP contribution is 2.31. The molecule has 0 aliphatic carbocycles. The maximum atomic E-state index is 13.7. The summed E-state index contributed by atoms with van der Waals surface area (Å²) in [6.07, 6.45) is 1.90. The second-order valence-corrected chi connectivity index (χ2v) is 6.24. The number of rotatable bonds is 3. The minimum atomic E-state index is -0.429. The van der Waals surface area contributed by atoms with Gasteiger partial charge in [0.25, 0.3) is 0 Å². The van der Waals surface area contributed by atoms with Crippen LogP contribution in [0.4, 0.5) is 25.8 Å². The van der Waals surface area contributed by atoms with Crippen LogP contribution in [-0.4, -0.2) is 0 Å². The fourth-order valence-corrected chi connectivity index (χ4v) is 3.18. The molecule has 2 nitrogen and oxygen atoms in total. The summed E-state index contributed by atoms with van der Waals surface area (Å²) >= 11 is 0. The van der Waals surface area contributed by atoms with E-state index < -0.39 is 11.6 Å². The first kappa shape index (κ1) is 15.6. The maximum Gasteiger partial charge on any atom is 0.128 e. The first-order valence-electron chi connectivity index (χ1n) is 8.35. The molecule has 0 saturated carbocycles. The van der Waals surface area contributed by atoms with Gasteiger partial charge in [-0.3, -0.25) is 0 Å². The first-order chi connectivity index (χ1) is 12.2. The normalized spacial score (nSPS) is 12.6. The summed E-state index contributed by atoms with van der Waals surface area (Å²) in [5.74, 6) is -0.831. The molecule has 3 aromatic rings. The molecule has 126 valence electrons. The molecule has 0 amide bonds. The molecule has 0 radical (unpaired) electrons. The van der Waals surface area contributed by atoms with Crippen molar-refractivity contribution in [2.75, 3.05) is 10.6 Å². The van der Waals surface area contributed by atoms with Crippen LogP contribution in [0.1, 0.15) is 16.7 Å². The smallest absolute Gasteiger partial charge is 0.128 e. The van der Waals surface area contributed by atoms with Crippen LogP contribution in [0, 0.1) is 11.6 Å². The van der Waals surface area contributed by atoms with Gasteiger partial charge in [0.15, 0.2) is 0 Å². The molecule has 25 heavy (non-hydrogen) atoms. The molecule has 4 rings (SSSR count). The van der Waals surface area contributed by atoms with E-state index in [-0.39, 0.29) is 6.54 Å². The summed E-state index contributed by atoms with van der Waals surface area (Å²) in [4.78, 5) is 0. The number of hydrogen-bond donors (Lipinski definition) is 2. The van der Waals surface area contributed by atoms with Crippen LogP contribution in [0.25, 0.3) is 0 Å². The van der Waals surface area contributed by atoms with E-state index in [0.29, 0.717) is 5.56 Å². The molecule has 2 N–H and O–H groups in total. The van der Waals surface area contributed by atoms with Gasteiger partial charge in [-0.15, -0.1) is 0 Å². The van der Waals surface area contributed by atoms with Gasteiger partial charge in [-0.25, -0.2) is 8.78 Å². The molecular formula is C21H18F2N2. The number of anilines is 3. The van der Waals surface area contributed by atoms with E-state index in [1.165, 1.54) is 17.2 Å². The zero-order valence-corrected chi connectivity index (χ0v) is 13.7.